The predicted octanol–water partition coefficient (Wildman–Crippen LogP) is 5.13. The van der Waals surface area contributed by atoms with Gasteiger partial charge in [0.15, 0.2) is 0 Å². The summed E-state index contributed by atoms with van der Waals surface area (Å²) in [7, 11) is 0. The first-order valence-corrected chi connectivity index (χ1v) is 11.9. The van der Waals surface area contributed by atoms with E-state index in [1.165, 1.54) is 52.1 Å². The van der Waals surface area contributed by atoms with Crippen LogP contribution < -0.4 is 8.92 Å². The zero-order chi connectivity index (χ0) is 18.5. The molecule has 0 N–H and O–H groups in total. The van der Waals surface area contributed by atoms with Crippen molar-refractivity contribution in [3.63, 3.8) is 0 Å². The molecule has 2 heterocycles. The molecule has 4 aromatic carbocycles. The average molecular weight is 439 g/mol. The van der Waals surface area contributed by atoms with E-state index in [4.69, 9.17) is 0 Å². The van der Waals surface area contributed by atoms with E-state index < -0.39 is 0 Å². The minimum atomic E-state index is 0.347. The molecule has 0 bridgehead atoms. The number of rotatable bonds is 0. The van der Waals surface area contributed by atoms with Gasteiger partial charge in [-0.15, -0.1) is 0 Å². The van der Waals surface area contributed by atoms with Gasteiger partial charge in [0.05, 0.1) is 0 Å². The second-order valence-electron chi connectivity index (χ2n) is 6.94. The molecule has 0 spiro atoms. The first-order valence-electron chi connectivity index (χ1n) is 9.38. The quantitative estimate of drug-likeness (QED) is 0.296. The molecular formula is C26H16SSe. The summed E-state index contributed by atoms with van der Waals surface area (Å²) in [6.45, 7) is 0. The first kappa shape index (κ1) is 16.4. The number of hydrogen-bond donors (Lipinski definition) is 0. The van der Waals surface area contributed by atoms with Gasteiger partial charge in [0.25, 0.3) is 0 Å². The van der Waals surface area contributed by atoms with Crippen molar-refractivity contribution in [2.45, 2.75) is 9.79 Å². The first-order chi connectivity index (χ1) is 13.9. The Labute approximate surface area is 175 Å². The van der Waals surface area contributed by atoms with Gasteiger partial charge < -0.3 is 0 Å². The summed E-state index contributed by atoms with van der Waals surface area (Å²) < 4.78 is 2.95. The molecule has 2 aliphatic rings. The summed E-state index contributed by atoms with van der Waals surface area (Å²) >= 11 is 2.23. The molecule has 0 aliphatic carbocycles. The third kappa shape index (κ3) is 2.46. The molecule has 0 saturated heterocycles. The van der Waals surface area contributed by atoms with E-state index >= 15 is 0 Å². The molecule has 2 aliphatic heterocycles. The molecule has 0 amide bonds. The third-order valence-corrected chi connectivity index (χ3v) is 8.88. The fourth-order valence-corrected chi connectivity index (χ4v) is 7.49. The Balaban J connectivity index is 1.80. The molecule has 0 fully saturated rings. The van der Waals surface area contributed by atoms with Gasteiger partial charge in [0.2, 0.25) is 0 Å². The number of hydrogen-bond acceptors (Lipinski definition) is 1. The topological polar surface area (TPSA) is 0 Å². The number of fused-ring (bicyclic) bond motifs is 4. The van der Waals surface area contributed by atoms with Gasteiger partial charge in [-0.2, -0.15) is 0 Å². The fourth-order valence-electron chi connectivity index (χ4n) is 4.11. The van der Waals surface area contributed by atoms with E-state index in [1.54, 1.807) is 0 Å². The third-order valence-electron chi connectivity index (χ3n) is 5.32. The molecule has 0 atom stereocenters. The van der Waals surface area contributed by atoms with E-state index in [1.807, 2.05) is 11.8 Å². The fraction of sp³-hybridized carbons (Fsp3) is 0. The Morgan fingerprint density at radius 3 is 1.36 bits per heavy atom. The average Bonchev–Trinajstić information content (AvgIpc) is 2.76. The van der Waals surface area contributed by atoms with Crippen molar-refractivity contribution in [2.24, 2.45) is 0 Å². The molecule has 132 valence electrons. The van der Waals surface area contributed by atoms with Crippen molar-refractivity contribution in [3.8, 4) is 0 Å². The molecule has 2 heteroatoms. The van der Waals surface area contributed by atoms with Crippen molar-refractivity contribution < 1.29 is 0 Å². The SMILES string of the molecule is c1ccc2c(c1)Sc1ccccc1C2=C1c2ccccc2[Se]c2ccccc21. The van der Waals surface area contributed by atoms with E-state index in [-0.39, 0.29) is 0 Å². The van der Waals surface area contributed by atoms with Crippen LogP contribution in [0.5, 0.6) is 0 Å². The van der Waals surface area contributed by atoms with Crippen molar-refractivity contribution in [1.29, 1.82) is 0 Å². The molecule has 0 nitrogen and oxygen atoms in total. The van der Waals surface area contributed by atoms with Gasteiger partial charge in [-0.05, 0) is 0 Å². The van der Waals surface area contributed by atoms with E-state index in [0.29, 0.717) is 15.0 Å². The molecule has 4 aromatic rings. The van der Waals surface area contributed by atoms with Crippen LogP contribution in [-0.4, -0.2) is 15.0 Å². The summed E-state index contributed by atoms with van der Waals surface area (Å²) in [5.74, 6) is 0. The monoisotopic (exact) mass is 440 g/mol. The maximum absolute atomic E-state index is 2.31. The van der Waals surface area contributed by atoms with Crippen molar-refractivity contribution in [2.75, 3.05) is 0 Å². The van der Waals surface area contributed by atoms with Crippen molar-refractivity contribution >= 4 is 46.8 Å². The molecule has 0 aromatic heterocycles. The van der Waals surface area contributed by atoms with Gasteiger partial charge in [0, 0.05) is 0 Å². The van der Waals surface area contributed by atoms with Crippen molar-refractivity contribution in [3.05, 3.63) is 119 Å². The molecule has 0 saturated carbocycles. The van der Waals surface area contributed by atoms with E-state index in [2.05, 4.69) is 97.1 Å². The normalized spacial score (nSPS) is 14.0. The number of benzene rings is 4. The molecule has 28 heavy (non-hydrogen) atoms. The van der Waals surface area contributed by atoms with Crippen LogP contribution in [0.25, 0.3) is 11.1 Å². The Bertz CT molecular complexity index is 1070. The van der Waals surface area contributed by atoms with Gasteiger partial charge >= 0.3 is 176 Å². The summed E-state index contributed by atoms with van der Waals surface area (Å²) in [5.41, 5.74) is 8.25. The molecular weight excluding hydrogens is 423 g/mol. The second kappa shape index (κ2) is 6.53. The van der Waals surface area contributed by atoms with Gasteiger partial charge in [-0.3, -0.25) is 0 Å². The van der Waals surface area contributed by atoms with Crippen molar-refractivity contribution in [1.82, 2.24) is 0 Å². The Morgan fingerprint density at radius 1 is 0.429 bits per heavy atom. The zero-order valence-corrected chi connectivity index (χ0v) is 17.6. The van der Waals surface area contributed by atoms with Crippen LogP contribution in [-0.2, 0) is 0 Å². The predicted molar refractivity (Wildman–Crippen MR) is 120 cm³/mol. The van der Waals surface area contributed by atoms with E-state index in [9.17, 15) is 0 Å². The Hall–Kier alpha value is -2.51. The van der Waals surface area contributed by atoms with E-state index in [0.717, 1.165) is 0 Å². The summed E-state index contributed by atoms with van der Waals surface area (Å²) in [5, 5.41) is 0. The van der Waals surface area contributed by atoms with Crippen LogP contribution in [0.1, 0.15) is 22.3 Å². The maximum atomic E-state index is 2.31. The standard InChI is InChI=1S/C26H16SSe/c1-5-13-21-17(9-1)25(18-10-2-6-14-22(18)27-21)26-19-11-3-7-15-23(19)28-24-16-8-4-12-20(24)26/h1-16H. The minimum absolute atomic E-state index is 0.347. The second-order valence-corrected chi connectivity index (χ2v) is 10.3. The summed E-state index contributed by atoms with van der Waals surface area (Å²) in [6, 6.07) is 35.6. The van der Waals surface area contributed by atoms with Crippen LogP contribution in [0.15, 0.2) is 107 Å². The van der Waals surface area contributed by atoms with Gasteiger partial charge in [-0.1, -0.05) is 0 Å². The van der Waals surface area contributed by atoms with Crippen LogP contribution in [0.4, 0.5) is 0 Å². The Kier molecular flexibility index (Phi) is 3.84. The Morgan fingerprint density at radius 2 is 0.821 bits per heavy atom. The summed E-state index contributed by atoms with van der Waals surface area (Å²) in [4.78, 5) is 2.68. The molecule has 0 radical (unpaired) electrons. The van der Waals surface area contributed by atoms with Crippen LogP contribution in [0, 0.1) is 0 Å². The molecule has 0 unspecified atom stereocenters. The van der Waals surface area contributed by atoms with Crippen LogP contribution in [0.2, 0.25) is 0 Å². The zero-order valence-electron chi connectivity index (χ0n) is 15.1. The van der Waals surface area contributed by atoms with Crippen LogP contribution in [0.3, 0.4) is 0 Å². The summed E-state index contributed by atoms with van der Waals surface area (Å²) in [6.07, 6.45) is 0. The molecule has 6 rings (SSSR count). The van der Waals surface area contributed by atoms with Crippen LogP contribution >= 0.6 is 11.8 Å². The van der Waals surface area contributed by atoms with Gasteiger partial charge in [-0.25, -0.2) is 0 Å². The van der Waals surface area contributed by atoms with Gasteiger partial charge in [0.1, 0.15) is 0 Å².